The van der Waals surface area contributed by atoms with Gasteiger partial charge in [-0.15, -0.1) is 0 Å². The van der Waals surface area contributed by atoms with Crippen LogP contribution in [0.3, 0.4) is 0 Å². The third kappa shape index (κ3) is 3.91. The molecule has 5 heteroatoms. The molecule has 5 nitrogen and oxygen atoms in total. The molecule has 1 amide bonds. The maximum Gasteiger partial charge on any atom is 0.225 e. The zero-order valence-corrected chi connectivity index (χ0v) is 18.4. The number of benzene rings is 3. The number of carbonyl (C=O) groups excluding carboxylic acids is 1. The van der Waals surface area contributed by atoms with Crippen LogP contribution >= 0.6 is 0 Å². The van der Waals surface area contributed by atoms with E-state index in [0.717, 1.165) is 50.8 Å². The van der Waals surface area contributed by atoms with Crippen LogP contribution in [-0.2, 0) is 11.2 Å². The molecule has 1 atom stereocenters. The van der Waals surface area contributed by atoms with Crippen molar-refractivity contribution in [3.8, 4) is 11.5 Å². The van der Waals surface area contributed by atoms with Crippen molar-refractivity contribution >= 4 is 27.6 Å². The second-order valence-corrected chi connectivity index (χ2v) is 8.64. The minimum absolute atomic E-state index is 0.0357. The standard InChI is InChI=1S/C27H27NO4/c1-17(2)27(19-9-10-22-24(14-19)31-13-5-12-30-22)28-25(29)15-20-16-32-23-11-8-18-6-3-4-7-21(18)26(20)23/h3-4,6-11,14,16-17,27H,5,12-13,15H2,1-2H3,(H,28,29)/t27-/m1/s1. The number of rotatable bonds is 5. The molecule has 4 aromatic rings. The quantitative estimate of drug-likeness (QED) is 0.435. The first kappa shape index (κ1) is 20.4. The molecule has 0 unspecified atom stereocenters. The number of fused-ring (bicyclic) bond motifs is 4. The van der Waals surface area contributed by atoms with E-state index in [-0.39, 0.29) is 24.3 Å². The number of carbonyl (C=O) groups is 1. The molecular weight excluding hydrogens is 402 g/mol. The summed E-state index contributed by atoms with van der Waals surface area (Å²) < 4.78 is 17.4. The van der Waals surface area contributed by atoms with Gasteiger partial charge in [-0.1, -0.05) is 50.2 Å². The maximum absolute atomic E-state index is 13.1. The Bertz CT molecular complexity index is 1270. The second kappa shape index (κ2) is 8.58. The smallest absolute Gasteiger partial charge is 0.225 e. The second-order valence-electron chi connectivity index (χ2n) is 8.64. The topological polar surface area (TPSA) is 60.7 Å². The van der Waals surface area contributed by atoms with Crippen LogP contribution in [0.2, 0.25) is 0 Å². The minimum Gasteiger partial charge on any atom is -0.490 e. The van der Waals surface area contributed by atoms with Crippen LogP contribution in [0.15, 0.2) is 65.3 Å². The summed E-state index contributed by atoms with van der Waals surface area (Å²) >= 11 is 0. The highest BCUT2D eigenvalue weighted by Crippen LogP contribution is 2.34. The van der Waals surface area contributed by atoms with Crippen LogP contribution < -0.4 is 14.8 Å². The summed E-state index contributed by atoms with van der Waals surface area (Å²) in [6.07, 6.45) is 2.82. The van der Waals surface area contributed by atoms with Crippen molar-refractivity contribution in [2.75, 3.05) is 13.2 Å². The summed E-state index contributed by atoms with van der Waals surface area (Å²) in [6.45, 7) is 5.50. The van der Waals surface area contributed by atoms with E-state index in [1.54, 1.807) is 6.26 Å². The van der Waals surface area contributed by atoms with Crippen LogP contribution in [0.4, 0.5) is 0 Å². The summed E-state index contributed by atoms with van der Waals surface area (Å²) in [5, 5.41) is 6.47. The summed E-state index contributed by atoms with van der Waals surface area (Å²) in [6, 6.07) is 18.0. The van der Waals surface area contributed by atoms with Gasteiger partial charge in [0.15, 0.2) is 11.5 Å². The monoisotopic (exact) mass is 429 g/mol. The Morgan fingerprint density at radius 1 is 1.00 bits per heavy atom. The van der Waals surface area contributed by atoms with E-state index in [1.165, 1.54) is 0 Å². The molecule has 164 valence electrons. The minimum atomic E-state index is -0.130. The number of nitrogens with one attached hydrogen (secondary N) is 1. The average molecular weight is 430 g/mol. The molecule has 0 saturated carbocycles. The molecule has 0 bridgehead atoms. The molecule has 1 N–H and O–H groups in total. The first-order valence-corrected chi connectivity index (χ1v) is 11.2. The van der Waals surface area contributed by atoms with Crippen molar-refractivity contribution in [1.29, 1.82) is 0 Å². The molecule has 0 fully saturated rings. The van der Waals surface area contributed by atoms with Gasteiger partial charge >= 0.3 is 0 Å². The van der Waals surface area contributed by atoms with E-state index in [2.05, 4.69) is 31.3 Å². The van der Waals surface area contributed by atoms with Crippen molar-refractivity contribution in [2.24, 2.45) is 5.92 Å². The van der Waals surface area contributed by atoms with Gasteiger partial charge in [0.25, 0.3) is 0 Å². The molecule has 5 rings (SSSR count). The predicted molar refractivity (Wildman–Crippen MR) is 125 cm³/mol. The fourth-order valence-corrected chi connectivity index (χ4v) is 4.41. The molecule has 1 aromatic heterocycles. The lowest BCUT2D eigenvalue weighted by molar-refractivity contribution is -0.121. The number of ether oxygens (including phenoxy) is 2. The van der Waals surface area contributed by atoms with Gasteiger partial charge < -0.3 is 19.2 Å². The summed E-state index contributed by atoms with van der Waals surface area (Å²) in [5.74, 6) is 1.68. The first-order chi connectivity index (χ1) is 15.6. The lowest BCUT2D eigenvalue weighted by Crippen LogP contribution is -2.32. The third-order valence-corrected chi connectivity index (χ3v) is 6.00. The Hall–Kier alpha value is -3.47. The van der Waals surface area contributed by atoms with Crippen molar-refractivity contribution in [3.63, 3.8) is 0 Å². The van der Waals surface area contributed by atoms with Gasteiger partial charge in [-0.2, -0.15) is 0 Å². The molecule has 0 saturated heterocycles. The first-order valence-electron chi connectivity index (χ1n) is 11.2. The van der Waals surface area contributed by atoms with E-state index >= 15 is 0 Å². The lowest BCUT2D eigenvalue weighted by atomic mass is 9.95. The highest BCUT2D eigenvalue weighted by atomic mass is 16.5. The van der Waals surface area contributed by atoms with Crippen molar-refractivity contribution in [1.82, 2.24) is 5.32 Å². The van der Waals surface area contributed by atoms with Gasteiger partial charge in [-0.25, -0.2) is 0 Å². The molecule has 0 spiro atoms. The van der Waals surface area contributed by atoms with Crippen LogP contribution in [0.1, 0.15) is 37.4 Å². The number of hydrogen-bond donors (Lipinski definition) is 1. The van der Waals surface area contributed by atoms with Crippen LogP contribution in [0.5, 0.6) is 11.5 Å². The number of amides is 1. The molecule has 0 aliphatic carbocycles. The molecule has 3 aromatic carbocycles. The van der Waals surface area contributed by atoms with Gasteiger partial charge in [-0.05, 0) is 40.5 Å². The highest BCUT2D eigenvalue weighted by Gasteiger charge is 2.22. The normalized spacial score (nSPS) is 14.5. The molecule has 1 aliphatic heterocycles. The molecule has 32 heavy (non-hydrogen) atoms. The zero-order valence-electron chi connectivity index (χ0n) is 18.4. The Morgan fingerprint density at radius 3 is 2.66 bits per heavy atom. The van der Waals surface area contributed by atoms with Gasteiger partial charge in [-0.3, -0.25) is 4.79 Å². The van der Waals surface area contributed by atoms with Crippen LogP contribution in [0, 0.1) is 5.92 Å². The van der Waals surface area contributed by atoms with Gasteiger partial charge in [0, 0.05) is 17.4 Å². The molecule has 0 radical (unpaired) electrons. The van der Waals surface area contributed by atoms with Crippen molar-refractivity contribution < 1.29 is 18.7 Å². The van der Waals surface area contributed by atoms with E-state index < -0.39 is 0 Å². The average Bonchev–Trinajstić information content (AvgIpc) is 3.05. The van der Waals surface area contributed by atoms with Crippen molar-refractivity contribution in [2.45, 2.75) is 32.7 Å². The maximum atomic E-state index is 13.1. The Labute approximate surface area is 187 Å². The summed E-state index contributed by atoms with van der Waals surface area (Å²) in [5.41, 5.74) is 2.71. The fourth-order valence-electron chi connectivity index (χ4n) is 4.41. The number of furan rings is 1. The van der Waals surface area contributed by atoms with Gasteiger partial charge in [0.1, 0.15) is 5.58 Å². The Balaban J connectivity index is 1.40. The largest absolute Gasteiger partial charge is 0.490 e. The zero-order chi connectivity index (χ0) is 22.1. The van der Waals surface area contributed by atoms with E-state index in [9.17, 15) is 4.79 Å². The predicted octanol–water partition coefficient (Wildman–Crippen LogP) is 5.80. The van der Waals surface area contributed by atoms with E-state index in [0.29, 0.717) is 13.2 Å². The molecular formula is C27H27NO4. The SMILES string of the molecule is CC(C)[C@@H](NC(=O)Cc1coc2ccc3ccccc3c12)c1ccc2c(c1)OCCCO2. The summed E-state index contributed by atoms with van der Waals surface area (Å²) in [4.78, 5) is 13.1. The number of hydrogen-bond acceptors (Lipinski definition) is 4. The fraction of sp³-hybridized carbons (Fsp3) is 0.296. The van der Waals surface area contributed by atoms with Crippen molar-refractivity contribution in [3.05, 3.63) is 72.0 Å². The Morgan fingerprint density at radius 2 is 1.81 bits per heavy atom. The van der Waals surface area contributed by atoms with Crippen LogP contribution in [-0.4, -0.2) is 19.1 Å². The van der Waals surface area contributed by atoms with E-state index in [4.69, 9.17) is 13.9 Å². The lowest BCUT2D eigenvalue weighted by Gasteiger charge is -2.24. The molecule has 1 aliphatic rings. The van der Waals surface area contributed by atoms with Crippen LogP contribution in [0.25, 0.3) is 21.7 Å². The highest BCUT2D eigenvalue weighted by molar-refractivity contribution is 6.08. The molecule has 2 heterocycles. The third-order valence-electron chi connectivity index (χ3n) is 6.00. The van der Waals surface area contributed by atoms with E-state index in [1.807, 2.05) is 42.5 Å². The van der Waals surface area contributed by atoms with Gasteiger partial charge in [0.05, 0.1) is 31.9 Å². The summed E-state index contributed by atoms with van der Waals surface area (Å²) in [7, 11) is 0. The van der Waals surface area contributed by atoms with Gasteiger partial charge in [0.2, 0.25) is 5.91 Å². The Kier molecular flexibility index (Phi) is 5.48.